The van der Waals surface area contributed by atoms with E-state index in [-0.39, 0.29) is 11.6 Å². The number of nitrogens with zero attached hydrogens (tertiary/aromatic N) is 1. The first-order valence-electron chi connectivity index (χ1n) is 6.21. The number of thiazole rings is 1. The summed E-state index contributed by atoms with van der Waals surface area (Å²) in [5.41, 5.74) is 7.97. The van der Waals surface area contributed by atoms with Crippen LogP contribution in [0.2, 0.25) is 0 Å². The van der Waals surface area contributed by atoms with Gasteiger partial charge in [-0.1, -0.05) is 0 Å². The first-order valence-corrected chi connectivity index (χ1v) is 7.03. The Morgan fingerprint density at radius 2 is 2.15 bits per heavy atom. The molecule has 1 heterocycles. The fourth-order valence-corrected chi connectivity index (χ4v) is 3.05. The number of carbonyl (C=O) groups is 1. The van der Waals surface area contributed by atoms with Crippen molar-refractivity contribution >= 4 is 28.7 Å². The van der Waals surface area contributed by atoms with Crippen molar-refractivity contribution < 1.29 is 9.90 Å². The zero-order valence-corrected chi connectivity index (χ0v) is 12.4. The van der Waals surface area contributed by atoms with Crippen LogP contribution in [0.3, 0.4) is 0 Å². The number of rotatable bonds is 4. The molecular formula is C14H17N3O2S. The molecule has 0 aliphatic rings. The number of aromatic carboxylic acids is 1. The average molecular weight is 291 g/mol. The largest absolute Gasteiger partial charge is 0.478 e. The van der Waals surface area contributed by atoms with Gasteiger partial charge in [-0.2, -0.15) is 0 Å². The minimum atomic E-state index is -0.975. The second kappa shape index (κ2) is 5.50. The predicted molar refractivity (Wildman–Crippen MR) is 81.4 cm³/mol. The van der Waals surface area contributed by atoms with Crippen molar-refractivity contribution in [3.05, 3.63) is 39.3 Å². The van der Waals surface area contributed by atoms with Crippen molar-refractivity contribution in [3.63, 3.8) is 0 Å². The van der Waals surface area contributed by atoms with E-state index in [1.807, 2.05) is 20.8 Å². The van der Waals surface area contributed by atoms with Crippen molar-refractivity contribution in [2.24, 2.45) is 0 Å². The average Bonchev–Trinajstić information content (AvgIpc) is 2.68. The molecule has 0 saturated carbocycles. The van der Waals surface area contributed by atoms with Crippen LogP contribution in [-0.4, -0.2) is 16.1 Å². The molecule has 0 amide bonds. The molecule has 1 aromatic heterocycles. The number of benzene rings is 1. The van der Waals surface area contributed by atoms with Gasteiger partial charge in [-0.05, 0) is 39.0 Å². The zero-order chi connectivity index (χ0) is 14.9. The molecule has 0 bridgehead atoms. The molecule has 2 aromatic rings. The van der Waals surface area contributed by atoms with Crippen molar-refractivity contribution in [1.82, 2.24) is 4.98 Å². The maximum absolute atomic E-state index is 11.2. The number of nitrogens with one attached hydrogen (secondary N) is 1. The van der Waals surface area contributed by atoms with E-state index in [9.17, 15) is 9.90 Å². The van der Waals surface area contributed by atoms with Gasteiger partial charge in [-0.15, -0.1) is 11.3 Å². The molecule has 0 spiro atoms. The number of hydrogen-bond donors (Lipinski definition) is 3. The van der Waals surface area contributed by atoms with E-state index in [0.29, 0.717) is 11.4 Å². The molecule has 4 N–H and O–H groups in total. The van der Waals surface area contributed by atoms with Gasteiger partial charge in [0.15, 0.2) is 0 Å². The lowest BCUT2D eigenvalue weighted by Gasteiger charge is -2.16. The summed E-state index contributed by atoms with van der Waals surface area (Å²) >= 11 is 1.61. The minimum Gasteiger partial charge on any atom is -0.478 e. The minimum absolute atomic E-state index is 0.0268. The molecule has 0 fully saturated rings. The van der Waals surface area contributed by atoms with Gasteiger partial charge >= 0.3 is 5.97 Å². The van der Waals surface area contributed by atoms with Crippen LogP contribution < -0.4 is 11.1 Å². The Morgan fingerprint density at radius 1 is 1.45 bits per heavy atom. The standard InChI is InChI=1S/C14H17N3O2S/c1-7-13(20-9(3)16-7)8(2)17-12-6-10(15)4-5-11(12)14(18)19/h4-6,8,17H,15H2,1-3H3,(H,18,19). The van der Waals surface area contributed by atoms with E-state index in [1.165, 1.54) is 6.07 Å². The summed E-state index contributed by atoms with van der Waals surface area (Å²) in [7, 11) is 0. The lowest BCUT2D eigenvalue weighted by atomic mass is 10.1. The van der Waals surface area contributed by atoms with Gasteiger partial charge < -0.3 is 16.2 Å². The highest BCUT2D eigenvalue weighted by Gasteiger charge is 2.16. The maximum Gasteiger partial charge on any atom is 0.337 e. The van der Waals surface area contributed by atoms with E-state index in [1.54, 1.807) is 23.5 Å². The number of carboxylic acids is 1. The van der Waals surface area contributed by atoms with Gasteiger partial charge in [-0.3, -0.25) is 0 Å². The summed E-state index contributed by atoms with van der Waals surface area (Å²) < 4.78 is 0. The number of aromatic nitrogens is 1. The third-order valence-corrected chi connectivity index (χ3v) is 4.23. The van der Waals surface area contributed by atoms with Crippen molar-refractivity contribution in [2.75, 3.05) is 11.1 Å². The Balaban J connectivity index is 2.32. The summed E-state index contributed by atoms with van der Waals surface area (Å²) in [4.78, 5) is 16.7. The van der Waals surface area contributed by atoms with Crippen LogP contribution in [0.5, 0.6) is 0 Å². The number of anilines is 2. The molecule has 106 valence electrons. The SMILES string of the molecule is Cc1nc(C)c(C(C)Nc2cc(N)ccc2C(=O)O)s1. The van der Waals surface area contributed by atoms with Crippen LogP contribution in [0.4, 0.5) is 11.4 Å². The molecule has 0 saturated heterocycles. The van der Waals surface area contributed by atoms with Crippen molar-refractivity contribution in [2.45, 2.75) is 26.8 Å². The molecule has 1 unspecified atom stereocenters. The third kappa shape index (κ3) is 2.91. The van der Waals surface area contributed by atoms with E-state index in [4.69, 9.17) is 5.73 Å². The van der Waals surface area contributed by atoms with Gasteiger partial charge in [0, 0.05) is 10.6 Å². The Morgan fingerprint density at radius 3 is 2.70 bits per heavy atom. The molecule has 0 radical (unpaired) electrons. The molecule has 6 heteroatoms. The zero-order valence-electron chi connectivity index (χ0n) is 11.6. The fourth-order valence-electron chi connectivity index (χ4n) is 2.12. The lowest BCUT2D eigenvalue weighted by Crippen LogP contribution is -2.11. The monoisotopic (exact) mass is 291 g/mol. The van der Waals surface area contributed by atoms with Gasteiger partial charge in [0.1, 0.15) is 0 Å². The normalized spacial score (nSPS) is 12.2. The Labute approximate surface area is 121 Å². The Bertz CT molecular complexity index is 652. The molecule has 1 atom stereocenters. The van der Waals surface area contributed by atoms with Gasteiger partial charge in [-0.25, -0.2) is 9.78 Å². The van der Waals surface area contributed by atoms with Crippen LogP contribution >= 0.6 is 11.3 Å². The highest BCUT2D eigenvalue weighted by Crippen LogP contribution is 2.29. The Kier molecular flexibility index (Phi) is 3.94. The Hall–Kier alpha value is -2.08. The van der Waals surface area contributed by atoms with Crippen LogP contribution in [0.15, 0.2) is 18.2 Å². The predicted octanol–water partition coefficient (Wildman–Crippen LogP) is 3.21. The molecule has 0 aliphatic carbocycles. The maximum atomic E-state index is 11.2. The molecule has 1 aromatic carbocycles. The van der Waals surface area contributed by atoms with E-state index < -0.39 is 5.97 Å². The number of aryl methyl sites for hydroxylation is 2. The lowest BCUT2D eigenvalue weighted by molar-refractivity contribution is 0.0698. The summed E-state index contributed by atoms with van der Waals surface area (Å²) in [6.45, 7) is 5.89. The molecule has 2 rings (SSSR count). The third-order valence-electron chi connectivity index (χ3n) is 2.98. The second-order valence-electron chi connectivity index (χ2n) is 4.66. The van der Waals surface area contributed by atoms with Crippen molar-refractivity contribution in [3.8, 4) is 0 Å². The first-order chi connectivity index (χ1) is 9.38. The highest BCUT2D eigenvalue weighted by atomic mass is 32.1. The summed E-state index contributed by atoms with van der Waals surface area (Å²) in [5.74, 6) is -0.975. The molecule has 20 heavy (non-hydrogen) atoms. The number of nitrogens with two attached hydrogens (primary N) is 1. The number of nitrogen functional groups attached to an aromatic ring is 1. The summed E-state index contributed by atoms with van der Waals surface area (Å²) in [5, 5.41) is 13.4. The van der Waals surface area contributed by atoms with Gasteiger partial charge in [0.25, 0.3) is 0 Å². The second-order valence-corrected chi connectivity index (χ2v) is 5.89. The van der Waals surface area contributed by atoms with E-state index >= 15 is 0 Å². The van der Waals surface area contributed by atoms with Crippen LogP contribution in [0.1, 0.15) is 38.9 Å². The van der Waals surface area contributed by atoms with E-state index in [2.05, 4.69) is 10.3 Å². The quantitative estimate of drug-likeness (QED) is 0.753. The van der Waals surface area contributed by atoms with Crippen LogP contribution in [0.25, 0.3) is 0 Å². The summed E-state index contributed by atoms with van der Waals surface area (Å²) in [6, 6.07) is 4.71. The van der Waals surface area contributed by atoms with Gasteiger partial charge in [0.05, 0.1) is 28.0 Å². The molecule has 0 aliphatic heterocycles. The van der Waals surface area contributed by atoms with Gasteiger partial charge in [0.2, 0.25) is 0 Å². The highest BCUT2D eigenvalue weighted by molar-refractivity contribution is 7.11. The molecule has 5 nitrogen and oxygen atoms in total. The van der Waals surface area contributed by atoms with E-state index in [0.717, 1.165) is 15.6 Å². The smallest absolute Gasteiger partial charge is 0.337 e. The number of hydrogen-bond acceptors (Lipinski definition) is 5. The van der Waals surface area contributed by atoms with Crippen LogP contribution in [-0.2, 0) is 0 Å². The topological polar surface area (TPSA) is 88.2 Å². The fraction of sp³-hybridized carbons (Fsp3) is 0.286. The summed E-state index contributed by atoms with van der Waals surface area (Å²) in [6.07, 6.45) is 0. The van der Waals surface area contributed by atoms with Crippen LogP contribution in [0, 0.1) is 13.8 Å². The first kappa shape index (κ1) is 14.3. The number of carboxylic acid groups (broad SMARTS) is 1. The van der Waals surface area contributed by atoms with Crippen molar-refractivity contribution in [1.29, 1.82) is 0 Å². The molecular weight excluding hydrogens is 274 g/mol.